The summed E-state index contributed by atoms with van der Waals surface area (Å²) in [5, 5.41) is 3.14. The van der Waals surface area contributed by atoms with Gasteiger partial charge in [-0.05, 0) is 54.3 Å². The Hall–Kier alpha value is -1.96. The Labute approximate surface area is 116 Å². The molecule has 2 aromatic rings. The maximum atomic E-state index is 3.14. The van der Waals surface area contributed by atoms with Gasteiger partial charge in [0, 0.05) is 32.5 Å². The lowest BCUT2D eigenvalue weighted by atomic mass is 10.00. The predicted octanol–water partition coefficient (Wildman–Crippen LogP) is 3.69. The molecule has 0 radical (unpaired) electrons. The molecule has 19 heavy (non-hydrogen) atoms. The van der Waals surface area contributed by atoms with Gasteiger partial charge in [-0.2, -0.15) is 0 Å². The first kappa shape index (κ1) is 13.5. The lowest BCUT2D eigenvalue weighted by molar-refractivity contribution is 1.10. The molecule has 1 N–H and O–H groups in total. The van der Waals surface area contributed by atoms with Crippen LogP contribution in [0.3, 0.4) is 0 Å². The fourth-order valence-electron chi connectivity index (χ4n) is 2.17. The standard InChI is InChI=1S/C17H22N2/c1-13-11-17(19(3)4)10-7-15(13)12-14-5-8-16(18-2)9-6-14/h5-11,18H,12H2,1-4H3. The van der Waals surface area contributed by atoms with Gasteiger partial charge in [0.05, 0.1) is 0 Å². The molecule has 0 aliphatic carbocycles. The molecular formula is C17H22N2. The summed E-state index contributed by atoms with van der Waals surface area (Å²) in [4.78, 5) is 2.14. The van der Waals surface area contributed by atoms with Gasteiger partial charge in [-0.3, -0.25) is 0 Å². The third kappa shape index (κ3) is 3.28. The maximum absolute atomic E-state index is 3.14. The summed E-state index contributed by atoms with van der Waals surface area (Å²) in [5.41, 5.74) is 6.50. The van der Waals surface area contributed by atoms with Crippen molar-refractivity contribution in [1.29, 1.82) is 0 Å². The number of nitrogens with zero attached hydrogens (tertiary/aromatic N) is 1. The molecule has 0 amide bonds. The van der Waals surface area contributed by atoms with Gasteiger partial charge in [-0.1, -0.05) is 18.2 Å². The molecule has 0 aliphatic heterocycles. The Morgan fingerprint density at radius 3 is 2.21 bits per heavy atom. The van der Waals surface area contributed by atoms with Gasteiger partial charge >= 0.3 is 0 Å². The third-order valence-electron chi connectivity index (χ3n) is 3.48. The molecule has 2 aromatic carbocycles. The van der Waals surface area contributed by atoms with Crippen LogP contribution in [0.15, 0.2) is 42.5 Å². The van der Waals surface area contributed by atoms with E-state index in [1.165, 1.54) is 22.4 Å². The van der Waals surface area contributed by atoms with E-state index >= 15 is 0 Å². The Bertz CT molecular complexity index is 542. The zero-order valence-corrected chi connectivity index (χ0v) is 12.2. The monoisotopic (exact) mass is 254 g/mol. The molecule has 0 heterocycles. The topological polar surface area (TPSA) is 15.3 Å². The van der Waals surface area contributed by atoms with Gasteiger partial charge in [0.1, 0.15) is 0 Å². The number of hydrogen-bond acceptors (Lipinski definition) is 2. The molecule has 0 spiro atoms. The molecule has 2 heteroatoms. The molecule has 0 fully saturated rings. The van der Waals surface area contributed by atoms with Crippen LogP contribution in [0.2, 0.25) is 0 Å². The zero-order valence-electron chi connectivity index (χ0n) is 12.2. The number of nitrogens with one attached hydrogen (secondary N) is 1. The molecule has 0 unspecified atom stereocenters. The summed E-state index contributed by atoms with van der Waals surface area (Å²) in [6.45, 7) is 2.18. The van der Waals surface area contributed by atoms with Crippen molar-refractivity contribution in [1.82, 2.24) is 0 Å². The Balaban J connectivity index is 2.18. The lowest BCUT2D eigenvalue weighted by Gasteiger charge is -2.15. The van der Waals surface area contributed by atoms with Gasteiger partial charge in [0.25, 0.3) is 0 Å². The first-order chi connectivity index (χ1) is 9.10. The van der Waals surface area contributed by atoms with Crippen LogP contribution in [0.1, 0.15) is 16.7 Å². The summed E-state index contributed by atoms with van der Waals surface area (Å²) >= 11 is 0. The number of anilines is 2. The van der Waals surface area contributed by atoms with E-state index in [4.69, 9.17) is 0 Å². The van der Waals surface area contributed by atoms with Gasteiger partial charge < -0.3 is 10.2 Å². The van der Waals surface area contributed by atoms with Crippen LogP contribution in [0.5, 0.6) is 0 Å². The van der Waals surface area contributed by atoms with Gasteiger partial charge in [0.2, 0.25) is 0 Å². The number of hydrogen-bond donors (Lipinski definition) is 1. The Kier molecular flexibility index (Phi) is 4.10. The van der Waals surface area contributed by atoms with Gasteiger partial charge in [-0.25, -0.2) is 0 Å². The summed E-state index contributed by atoms with van der Waals surface area (Å²) in [7, 11) is 6.09. The molecular weight excluding hydrogens is 232 g/mol. The van der Waals surface area contributed by atoms with E-state index in [0.29, 0.717) is 0 Å². The first-order valence-electron chi connectivity index (χ1n) is 6.63. The summed E-state index contributed by atoms with van der Waals surface area (Å²) in [6.07, 6.45) is 0.990. The molecule has 2 rings (SSSR count). The van der Waals surface area contributed by atoms with Crippen molar-refractivity contribution in [2.45, 2.75) is 13.3 Å². The smallest absolute Gasteiger partial charge is 0.0363 e. The number of aryl methyl sites for hydroxylation is 1. The van der Waals surface area contributed by atoms with Crippen molar-refractivity contribution in [3.63, 3.8) is 0 Å². The average Bonchev–Trinajstić information content (AvgIpc) is 2.41. The van der Waals surface area contributed by atoms with Crippen LogP contribution in [0, 0.1) is 6.92 Å². The van der Waals surface area contributed by atoms with Crippen LogP contribution < -0.4 is 10.2 Å². The van der Waals surface area contributed by atoms with Crippen LogP contribution in [0.4, 0.5) is 11.4 Å². The molecule has 0 bridgehead atoms. The highest BCUT2D eigenvalue weighted by molar-refractivity contribution is 5.51. The summed E-state index contributed by atoms with van der Waals surface area (Å²) < 4.78 is 0. The second-order valence-electron chi connectivity index (χ2n) is 5.13. The van der Waals surface area contributed by atoms with Crippen molar-refractivity contribution < 1.29 is 0 Å². The van der Waals surface area contributed by atoms with Crippen molar-refractivity contribution in [3.8, 4) is 0 Å². The fourth-order valence-corrected chi connectivity index (χ4v) is 2.17. The van der Waals surface area contributed by atoms with E-state index in [1.807, 2.05) is 7.05 Å². The highest BCUT2D eigenvalue weighted by atomic mass is 15.1. The fraction of sp³-hybridized carbons (Fsp3) is 0.294. The summed E-state index contributed by atoms with van der Waals surface area (Å²) in [5.74, 6) is 0. The largest absolute Gasteiger partial charge is 0.388 e. The minimum absolute atomic E-state index is 0.990. The number of rotatable bonds is 4. The second-order valence-corrected chi connectivity index (χ2v) is 5.13. The van der Waals surface area contributed by atoms with Gasteiger partial charge in [0.15, 0.2) is 0 Å². The predicted molar refractivity (Wildman–Crippen MR) is 84.3 cm³/mol. The van der Waals surface area contributed by atoms with Crippen LogP contribution in [-0.4, -0.2) is 21.1 Å². The first-order valence-corrected chi connectivity index (χ1v) is 6.63. The van der Waals surface area contributed by atoms with Crippen LogP contribution >= 0.6 is 0 Å². The molecule has 100 valence electrons. The zero-order chi connectivity index (χ0) is 13.8. The minimum Gasteiger partial charge on any atom is -0.388 e. The van der Waals surface area contributed by atoms with E-state index in [2.05, 4.69) is 73.7 Å². The van der Waals surface area contributed by atoms with E-state index in [1.54, 1.807) is 0 Å². The third-order valence-corrected chi connectivity index (χ3v) is 3.48. The molecule has 0 saturated heterocycles. The number of benzene rings is 2. The maximum Gasteiger partial charge on any atom is 0.0363 e. The lowest BCUT2D eigenvalue weighted by Crippen LogP contribution is -2.09. The van der Waals surface area contributed by atoms with Crippen molar-refractivity contribution in [3.05, 3.63) is 59.2 Å². The van der Waals surface area contributed by atoms with E-state index in [9.17, 15) is 0 Å². The van der Waals surface area contributed by atoms with E-state index in [-0.39, 0.29) is 0 Å². The van der Waals surface area contributed by atoms with Crippen molar-refractivity contribution in [2.24, 2.45) is 0 Å². The molecule has 2 nitrogen and oxygen atoms in total. The van der Waals surface area contributed by atoms with Crippen LogP contribution in [-0.2, 0) is 6.42 Å². The minimum atomic E-state index is 0.990. The quantitative estimate of drug-likeness (QED) is 0.895. The van der Waals surface area contributed by atoms with E-state index < -0.39 is 0 Å². The Morgan fingerprint density at radius 2 is 1.68 bits per heavy atom. The van der Waals surface area contributed by atoms with E-state index in [0.717, 1.165) is 12.1 Å². The molecule has 0 aromatic heterocycles. The van der Waals surface area contributed by atoms with Crippen LogP contribution in [0.25, 0.3) is 0 Å². The SMILES string of the molecule is CNc1ccc(Cc2ccc(N(C)C)cc2C)cc1. The highest BCUT2D eigenvalue weighted by Crippen LogP contribution is 2.20. The van der Waals surface area contributed by atoms with Crippen molar-refractivity contribution in [2.75, 3.05) is 31.4 Å². The summed E-state index contributed by atoms with van der Waals surface area (Å²) in [6, 6.07) is 15.3. The average molecular weight is 254 g/mol. The molecule has 0 atom stereocenters. The molecule has 0 aliphatic rings. The normalized spacial score (nSPS) is 10.3. The van der Waals surface area contributed by atoms with Crippen molar-refractivity contribution >= 4 is 11.4 Å². The van der Waals surface area contributed by atoms with Gasteiger partial charge in [-0.15, -0.1) is 0 Å². The Morgan fingerprint density at radius 1 is 1.00 bits per heavy atom. The molecule has 0 saturated carbocycles. The second kappa shape index (κ2) is 5.79. The highest BCUT2D eigenvalue weighted by Gasteiger charge is 2.03.